The zero-order valence-electron chi connectivity index (χ0n) is 14.3. The Morgan fingerprint density at radius 2 is 1.83 bits per heavy atom. The molecule has 0 N–H and O–H groups in total. The van der Waals surface area contributed by atoms with Crippen molar-refractivity contribution in [3.63, 3.8) is 0 Å². The fourth-order valence-corrected chi connectivity index (χ4v) is 3.29. The van der Waals surface area contributed by atoms with Crippen LogP contribution in [-0.2, 0) is 0 Å². The van der Waals surface area contributed by atoms with Crippen molar-refractivity contribution in [2.75, 3.05) is 6.61 Å². The molecule has 2 nitrogen and oxygen atoms in total. The van der Waals surface area contributed by atoms with E-state index >= 15 is 0 Å². The number of hydrogen-bond acceptors (Lipinski definition) is 3. The summed E-state index contributed by atoms with van der Waals surface area (Å²) in [5.74, 6) is 0.855. The first-order valence-corrected chi connectivity index (χ1v) is 8.84. The molecule has 130 valence electrons. The second kappa shape index (κ2) is 7.88. The van der Waals surface area contributed by atoms with E-state index in [-0.39, 0.29) is 11.8 Å². The van der Waals surface area contributed by atoms with E-state index in [1.807, 2.05) is 37.4 Å². The molecule has 0 amide bonds. The Morgan fingerprint density at radius 1 is 1.12 bits per heavy atom. The van der Waals surface area contributed by atoms with Crippen LogP contribution < -0.4 is 4.74 Å². The topological polar surface area (TPSA) is 26.3 Å². The van der Waals surface area contributed by atoms with Gasteiger partial charge in [-0.1, -0.05) is 33.8 Å². The van der Waals surface area contributed by atoms with E-state index < -0.39 is 13.0 Å². The number of carbonyl (C=O) groups is 1. The van der Waals surface area contributed by atoms with Crippen molar-refractivity contribution in [2.45, 2.75) is 46.0 Å². The lowest BCUT2D eigenvalue weighted by Crippen LogP contribution is -2.10. The first-order valence-electron chi connectivity index (χ1n) is 7.97. The average molecular weight is 352 g/mol. The summed E-state index contributed by atoms with van der Waals surface area (Å²) in [6.07, 6.45) is -1.75. The van der Waals surface area contributed by atoms with Crippen LogP contribution >= 0.6 is 11.3 Å². The minimum absolute atomic E-state index is 0.119. The van der Waals surface area contributed by atoms with E-state index in [0.29, 0.717) is 16.2 Å². The lowest BCUT2D eigenvalue weighted by Gasteiger charge is -2.21. The molecule has 0 aliphatic heterocycles. The van der Waals surface area contributed by atoms with Crippen LogP contribution in [0.25, 0.3) is 11.1 Å². The van der Waals surface area contributed by atoms with Gasteiger partial charge in [0, 0.05) is 11.1 Å². The molecule has 1 aromatic carbocycles. The molecular weight excluding hydrogens is 330 g/mol. The van der Waals surface area contributed by atoms with Gasteiger partial charge in [0.25, 0.3) is 6.43 Å². The maximum atomic E-state index is 12.7. The zero-order valence-corrected chi connectivity index (χ0v) is 15.1. The molecule has 1 aromatic heterocycles. The van der Waals surface area contributed by atoms with Crippen LogP contribution in [0.5, 0.6) is 5.75 Å². The SMILES string of the molecule is CC(C)c1cc(-c2ccsc2C=O)c(OCC(F)F)c(C(C)C)c1. The Labute approximate surface area is 145 Å². The summed E-state index contributed by atoms with van der Waals surface area (Å²) in [5, 5.41) is 1.83. The fraction of sp³-hybridized carbons (Fsp3) is 0.421. The van der Waals surface area contributed by atoms with Crippen LogP contribution in [0.2, 0.25) is 0 Å². The number of hydrogen-bond donors (Lipinski definition) is 0. The molecule has 0 saturated heterocycles. The molecule has 1 heterocycles. The number of rotatable bonds is 7. The standard InChI is InChI=1S/C19H22F2O2S/c1-11(2)13-7-15(12(3)4)19(23-10-18(20)21)16(8-13)14-5-6-24-17(14)9-22/h5-9,11-12,18H,10H2,1-4H3. The zero-order chi connectivity index (χ0) is 17.9. The summed E-state index contributed by atoms with van der Waals surface area (Å²) < 4.78 is 30.9. The predicted octanol–water partition coefficient (Wildman–Crippen LogP) is 6.12. The first-order chi connectivity index (χ1) is 11.3. The normalized spacial score (nSPS) is 11.5. The lowest BCUT2D eigenvalue weighted by molar-refractivity contribution is 0.0815. The highest BCUT2D eigenvalue weighted by molar-refractivity contribution is 7.12. The molecule has 0 aliphatic rings. The number of benzene rings is 1. The Hall–Kier alpha value is -1.75. The molecule has 0 saturated carbocycles. The summed E-state index contributed by atoms with van der Waals surface area (Å²) in [5.41, 5.74) is 3.44. The van der Waals surface area contributed by atoms with Crippen LogP contribution in [0.1, 0.15) is 60.3 Å². The smallest absolute Gasteiger partial charge is 0.272 e. The first kappa shape index (κ1) is 18.6. The van der Waals surface area contributed by atoms with Gasteiger partial charge in [0.1, 0.15) is 12.4 Å². The molecule has 0 spiro atoms. The molecule has 2 aromatic rings. The van der Waals surface area contributed by atoms with E-state index in [2.05, 4.69) is 13.8 Å². The molecular formula is C19H22F2O2S. The number of aldehydes is 1. The maximum Gasteiger partial charge on any atom is 0.272 e. The molecule has 0 fully saturated rings. The fourth-order valence-electron chi connectivity index (χ4n) is 2.58. The van der Waals surface area contributed by atoms with Crippen LogP contribution in [0, 0.1) is 0 Å². The number of carbonyl (C=O) groups excluding carboxylic acids is 1. The molecule has 0 aliphatic carbocycles. The van der Waals surface area contributed by atoms with E-state index in [4.69, 9.17) is 4.74 Å². The van der Waals surface area contributed by atoms with Crippen molar-refractivity contribution < 1.29 is 18.3 Å². The third kappa shape index (κ3) is 4.01. The summed E-state index contributed by atoms with van der Waals surface area (Å²) >= 11 is 1.33. The monoisotopic (exact) mass is 352 g/mol. The maximum absolute atomic E-state index is 12.7. The van der Waals surface area contributed by atoms with Crippen molar-refractivity contribution >= 4 is 17.6 Å². The molecule has 5 heteroatoms. The van der Waals surface area contributed by atoms with Gasteiger partial charge in [-0.3, -0.25) is 4.79 Å². The summed E-state index contributed by atoms with van der Waals surface area (Å²) in [7, 11) is 0. The molecule has 0 unspecified atom stereocenters. The van der Waals surface area contributed by atoms with Crippen molar-refractivity contribution in [1.82, 2.24) is 0 Å². The quantitative estimate of drug-likeness (QED) is 0.561. The van der Waals surface area contributed by atoms with Gasteiger partial charge in [0.15, 0.2) is 6.29 Å². The number of alkyl halides is 2. The highest BCUT2D eigenvalue weighted by Gasteiger charge is 2.21. The predicted molar refractivity (Wildman–Crippen MR) is 94.8 cm³/mol. The van der Waals surface area contributed by atoms with Gasteiger partial charge in [-0.2, -0.15) is 0 Å². The van der Waals surface area contributed by atoms with E-state index in [1.165, 1.54) is 11.3 Å². The minimum Gasteiger partial charge on any atom is -0.487 e. The summed E-state index contributed by atoms with van der Waals surface area (Å²) in [6.45, 7) is 7.52. The van der Waals surface area contributed by atoms with Crippen molar-refractivity contribution in [3.05, 3.63) is 39.6 Å². The summed E-state index contributed by atoms with van der Waals surface area (Å²) in [4.78, 5) is 11.9. The number of halogens is 2. The van der Waals surface area contributed by atoms with E-state index in [1.54, 1.807) is 0 Å². The lowest BCUT2D eigenvalue weighted by atomic mass is 9.89. The average Bonchev–Trinajstić information content (AvgIpc) is 3.00. The Morgan fingerprint density at radius 3 is 2.38 bits per heavy atom. The molecule has 0 bridgehead atoms. The van der Waals surface area contributed by atoms with Crippen LogP contribution in [0.3, 0.4) is 0 Å². The van der Waals surface area contributed by atoms with Gasteiger partial charge < -0.3 is 4.74 Å². The van der Waals surface area contributed by atoms with E-state index in [0.717, 1.165) is 23.0 Å². The highest BCUT2D eigenvalue weighted by atomic mass is 32.1. The van der Waals surface area contributed by atoms with E-state index in [9.17, 15) is 13.6 Å². The van der Waals surface area contributed by atoms with Gasteiger partial charge in [-0.25, -0.2) is 8.78 Å². The Kier molecular flexibility index (Phi) is 6.10. The van der Waals surface area contributed by atoms with Crippen molar-refractivity contribution in [2.24, 2.45) is 0 Å². The molecule has 0 atom stereocenters. The van der Waals surface area contributed by atoms with Crippen LogP contribution in [-0.4, -0.2) is 19.3 Å². The Bertz CT molecular complexity index is 705. The van der Waals surface area contributed by atoms with Crippen molar-refractivity contribution in [3.8, 4) is 16.9 Å². The minimum atomic E-state index is -2.55. The second-order valence-corrected chi connectivity index (χ2v) is 7.26. The Balaban J connectivity index is 2.69. The second-order valence-electron chi connectivity index (χ2n) is 6.31. The number of ether oxygens (including phenoxy) is 1. The molecule has 0 radical (unpaired) electrons. The third-order valence-electron chi connectivity index (χ3n) is 3.87. The van der Waals surface area contributed by atoms with Gasteiger partial charge in [-0.15, -0.1) is 11.3 Å². The highest BCUT2D eigenvalue weighted by Crippen LogP contribution is 2.42. The van der Waals surface area contributed by atoms with Crippen molar-refractivity contribution in [1.29, 1.82) is 0 Å². The van der Waals surface area contributed by atoms with Gasteiger partial charge in [0.05, 0.1) is 4.88 Å². The van der Waals surface area contributed by atoms with Gasteiger partial charge in [-0.05, 0) is 40.5 Å². The number of thiophene rings is 1. The van der Waals surface area contributed by atoms with Crippen LogP contribution in [0.4, 0.5) is 8.78 Å². The largest absolute Gasteiger partial charge is 0.487 e. The molecule has 24 heavy (non-hydrogen) atoms. The summed E-state index contributed by atoms with van der Waals surface area (Å²) in [6, 6.07) is 5.81. The van der Waals surface area contributed by atoms with Gasteiger partial charge in [0.2, 0.25) is 0 Å². The van der Waals surface area contributed by atoms with Crippen LogP contribution in [0.15, 0.2) is 23.6 Å². The molecule has 2 rings (SSSR count). The van der Waals surface area contributed by atoms with Gasteiger partial charge >= 0.3 is 0 Å². The third-order valence-corrected chi connectivity index (χ3v) is 4.72.